The number of nitrogens with zero attached hydrogens (tertiary/aromatic N) is 5. The molecule has 0 aliphatic heterocycles. The lowest BCUT2D eigenvalue weighted by atomic mass is 10.2. The maximum Gasteiger partial charge on any atom is 0.275 e. The van der Waals surface area contributed by atoms with E-state index < -0.39 is 0 Å². The zero-order valence-electron chi connectivity index (χ0n) is 14.1. The van der Waals surface area contributed by atoms with E-state index in [4.69, 9.17) is 0 Å². The Morgan fingerprint density at radius 3 is 2.88 bits per heavy atom. The highest BCUT2D eigenvalue weighted by Crippen LogP contribution is 2.35. The number of anilines is 1. The molecule has 4 heterocycles. The normalized spacial score (nSPS) is 11.6. The summed E-state index contributed by atoms with van der Waals surface area (Å²) in [6.45, 7) is 0. The van der Waals surface area contributed by atoms with Crippen LogP contribution in [0.1, 0.15) is 0 Å². The Morgan fingerprint density at radius 2 is 2.04 bits per heavy atom. The fraction of sp³-hybridized carbons (Fsp3) is 0.111. The fourth-order valence-corrected chi connectivity index (χ4v) is 4.21. The molecule has 0 atom stereocenters. The van der Waals surface area contributed by atoms with Crippen LogP contribution in [-0.4, -0.2) is 38.6 Å². The number of benzene rings is 1. The molecule has 5 aromatic rings. The number of hydrogen-bond acceptors (Lipinski definition) is 6. The van der Waals surface area contributed by atoms with Crippen molar-refractivity contribution in [1.29, 1.82) is 0 Å². The number of fused-ring (bicyclic) bond motifs is 4. The van der Waals surface area contributed by atoms with E-state index in [1.807, 2.05) is 43.3 Å². The van der Waals surface area contributed by atoms with Gasteiger partial charge in [-0.2, -0.15) is 0 Å². The second-order valence-corrected chi connectivity index (χ2v) is 7.21. The van der Waals surface area contributed by atoms with Gasteiger partial charge in [-0.3, -0.25) is 9.36 Å². The van der Waals surface area contributed by atoms with E-state index in [-0.39, 0.29) is 5.56 Å². The number of imidazole rings is 1. The molecule has 1 N–H and O–H groups in total. The van der Waals surface area contributed by atoms with Crippen molar-refractivity contribution < 1.29 is 0 Å². The van der Waals surface area contributed by atoms with Gasteiger partial charge >= 0.3 is 0 Å². The molecule has 0 fully saturated rings. The van der Waals surface area contributed by atoms with E-state index >= 15 is 0 Å². The van der Waals surface area contributed by atoms with Crippen molar-refractivity contribution in [2.45, 2.75) is 0 Å². The third-order valence-corrected chi connectivity index (χ3v) is 5.50. The summed E-state index contributed by atoms with van der Waals surface area (Å²) in [6.07, 6.45) is 4.98. The summed E-state index contributed by atoms with van der Waals surface area (Å²) in [7, 11) is 3.94. The Bertz CT molecular complexity index is 1350. The largest absolute Gasteiger partial charge is 0.377 e. The third-order valence-electron chi connectivity index (χ3n) is 4.42. The smallest absolute Gasteiger partial charge is 0.275 e. The van der Waals surface area contributed by atoms with E-state index in [0.29, 0.717) is 10.2 Å². The topological polar surface area (TPSA) is 79.7 Å². The van der Waals surface area contributed by atoms with Crippen LogP contribution in [-0.2, 0) is 0 Å². The lowest BCUT2D eigenvalue weighted by Gasteiger charge is -2.13. The van der Waals surface area contributed by atoms with Gasteiger partial charge < -0.3 is 9.88 Å². The number of rotatable bonds is 2. The maximum atomic E-state index is 13.1. The standard InChI is InChI=1S/C18H14N6OS/c1-23(2)13-5-6-19-17-14(13)15-16(26-17)18(25)24(9-22-15)10-3-4-11-12(7-10)21-8-20-11/h3-9H,1-2H3,(H,20,21). The first-order valence-electron chi connectivity index (χ1n) is 8.03. The van der Waals surface area contributed by atoms with Crippen LogP contribution in [0.15, 0.2) is 47.9 Å². The van der Waals surface area contributed by atoms with Crippen molar-refractivity contribution in [2.24, 2.45) is 0 Å². The molecule has 4 aromatic heterocycles. The number of H-pyrrole nitrogens is 1. The van der Waals surface area contributed by atoms with Gasteiger partial charge in [0.15, 0.2) is 0 Å². The summed E-state index contributed by atoms with van der Waals surface area (Å²) in [5, 5.41) is 0.922. The molecule has 1 aromatic carbocycles. The molecule has 128 valence electrons. The van der Waals surface area contributed by atoms with Crippen molar-refractivity contribution in [3.8, 4) is 5.69 Å². The molecular formula is C18H14N6OS. The first-order valence-corrected chi connectivity index (χ1v) is 8.85. The summed E-state index contributed by atoms with van der Waals surface area (Å²) in [6, 6.07) is 7.59. The molecular weight excluding hydrogens is 348 g/mol. The highest BCUT2D eigenvalue weighted by atomic mass is 32.1. The number of hydrogen-bond donors (Lipinski definition) is 1. The molecule has 0 bridgehead atoms. The Hall–Kier alpha value is -3.26. The van der Waals surface area contributed by atoms with Gasteiger partial charge in [0.2, 0.25) is 0 Å². The van der Waals surface area contributed by atoms with Crippen LogP contribution < -0.4 is 10.5 Å². The quantitative estimate of drug-likeness (QED) is 0.522. The van der Waals surface area contributed by atoms with Gasteiger partial charge in [-0.25, -0.2) is 15.0 Å². The van der Waals surface area contributed by atoms with Crippen LogP contribution in [0.2, 0.25) is 0 Å². The summed E-state index contributed by atoms with van der Waals surface area (Å²) < 4.78 is 2.17. The van der Waals surface area contributed by atoms with Crippen LogP contribution in [0.3, 0.4) is 0 Å². The summed E-state index contributed by atoms with van der Waals surface area (Å²) >= 11 is 1.38. The molecule has 7 nitrogen and oxygen atoms in total. The van der Waals surface area contributed by atoms with Crippen molar-refractivity contribution in [3.63, 3.8) is 0 Å². The van der Waals surface area contributed by atoms with E-state index in [9.17, 15) is 4.79 Å². The van der Waals surface area contributed by atoms with Gasteiger partial charge in [-0.15, -0.1) is 11.3 Å². The van der Waals surface area contributed by atoms with Crippen molar-refractivity contribution in [3.05, 3.63) is 53.5 Å². The Labute approximate surface area is 151 Å². The van der Waals surface area contributed by atoms with Gasteiger partial charge in [0, 0.05) is 20.3 Å². The van der Waals surface area contributed by atoms with Gasteiger partial charge in [0.05, 0.1) is 39.6 Å². The predicted molar refractivity (Wildman–Crippen MR) is 104 cm³/mol. The number of pyridine rings is 1. The zero-order valence-corrected chi connectivity index (χ0v) is 14.9. The fourth-order valence-electron chi connectivity index (χ4n) is 3.17. The monoisotopic (exact) mass is 362 g/mol. The van der Waals surface area contributed by atoms with Crippen molar-refractivity contribution >= 4 is 48.5 Å². The minimum absolute atomic E-state index is 0.0958. The maximum absolute atomic E-state index is 13.1. The zero-order chi connectivity index (χ0) is 17.8. The van der Waals surface area contributed by atoms with E-state index in [0.717, 1.165) is 32.6 Å². The van der Waals surface area contributed by atoms with Crippen LogP contribution in [0.4, 0.5) is 5.69 Å². The van der Waals surface area contributed by atoms with Crippen LogP contribution in [0.5, 0.6) is 0 Å². The molecule has 0 saturated carbocycles. The van der Waals surface area contributed by atoms with Crippen LogP contribution in [0, 0.1) is 0 Å². The summed E-state index contributed by atoms with van der Waals surface area (Å²) in [5.41, 5.74) is 4.09. The molecule has 0 aliphatic rings. The predicted octanol–water partition coefficient (Wildman–Crippen LogP) is 2.94. The van der Waals surface area contributed by atoms with Gasteiger partial charge in [-0.05, 0) is 24.3 Å². The molecule has 0 radical (unpaired) electrons. The number of aromatic amines is 1. The second-order valence-electron chi connectivity index (χ2n) is 6.21. The Balaban J connectivity index is 1.81. The molecule has 0 amide bonds. The van der Waals surface area contributed by atoms with E-state index in [2.05, 4.69) is 19.9 Å². The Morgan fingerprint density at radius 1 is 1.15 bits per heavy atom. The molecule has 0 aliphatic carbocycles. The number of nitrogens with one attached hydrogen (secondary N) is 1. The lowest BCUT2D eigenvalue weighted by Crippen LogP contribution is -2.17. The van der Waals surface area contributed by atoms with Gasteiger partial charge in [-0.1, -0.05) is 0 Å². The van der Waals surface area contributed by atoms with Crippen molar-refractivity contribution in [2.75, 3.05) is 19.0 Å². The van der Waals surface area contributed by atoms with Crippen LogP contribution in [0.25, 0.3) is 37.2 Å². The summed E-state index contributed by atoms with van der Waals surface area (Å²) in [5.74, 6) is 0. The average molecular weight is 362 g/mol. The minimum atomic E-state index is -0.0958. The molecule has 5 rings (SSSR count). The highest BCUT2D eigenvalue weighted by molar-refractivity contribution is 7.25. The Kier molecular flexibility index (Phi) is 3.10. The lowest BCUT2D eigenvalue weighted by molar-refractivity contribution is 0.969. The highest BCUT2D eigenvalue weighted by Gasteiger charge is 2.17. The third kappa shape index (κ3) is 2.05. The SMILES string of the molecule is CN(C)c1ccnc2sc3c(=O)n(-c4ccc5nc[nH]c5c4)cnc3c12. The minimum Gasteiger partial charge on any atom is -0.377 e. The van der Waals surface area contributed by atoms with Gasteiger partial charge in [0.1, 0.15) is 15.9 Å². The number of aromatic nitrogens is 5. The van der Waals surface area contributed by atoms with Gasteiger partial charge in [0.25, 0.3) is 5.56 Å². The molecule has 26 heavy (non-hydrogen) atoms. The first-order chi connectivity index (χ1) is 12.6. The van der Waals surface area contributed by atoms with Crippen molar-refractivity contribution in [1.82, 2.24) is 24.5 Å². The summed E-state index contributed by atoms with van der Waals surface area (Å²) in [4.78, 5) is 32.3. The molecule has 0 spiro atoms. The second kappa shape index (κ2) is 5.37. The van der Waals surface area contributed by atoms with E-state index in [1.54, 1.807) is 23.4 Å². The average Bonchev–Trinajstić information content (AvgIpc) is 3.25. The number of thiophene rings is 1. The van der Waals surface area contributed by atoms with Crippen LogP contribution >= 0.6 is 11.3 Å². The molecule has 8 heteroatoms. The first kappa shape index (κ1) is 15.0. The molecule has 0 unspecified atom stereocenters. The van der Waals surface area contributed by atoms with E-state index in [1.165, 1.54) is 11.3 Å². The molecule has 0 saturated heterocycles.